The average molecular weight is 702 g/mol. The van der Waals surface area contributed by atoms with Crippen LogP contribution < -0.4 is 9.47 Å². The molecule has 0 aliphatic carbocycles. The topological polar surface area (TPSA) is 100 Å². The van der Waals surface area contributed by atoms with E-state index >= 15 is 4.39 Å². The van der Waals surface area contributed by atoms with Crippen LogP contribution in [0.5, 0.6) is 11.5 Å². The highest BCUT2D eigenvalue weighted by molar-refractivity contribution is 5.99. The van der Waals surface area contributed by atoms with Crippen LogP contribution in [-0.2, 0) is 31.3 Å². The van der Waals surface area contributed by atoms with Gasteiger partial charge in [0.1, 0.15) is 22.7 Å². The first-order valence-corrected chi connectivity index (χ1v) is 16.7. The van der Waals surface area contributed by atoms with Gasteiger partial charge in [0, 0.05) is 54.0 Å². The number of aromatic nitrogens is 4. The van der Waals surface area contributed by atoms with E-state index < -0.39 is 28.7 Å². The van der Waals surface area contributed by atoms with Crippen molar-refractivity contribution in [1.29, 1.82) is 0 Å². The number of ether oxygens (including phenoxy) is 3. The van der Waals surface area contributed by atoms with Crippen molar-refractivity contribution in [1.82, 2.24) is 24.1 Å². The molecule has 0 N–H and O–H groups in total. The SMILES string of the molecule is COc1ccc(CN(Cc2cnc3ccc(-c4ccc(F)c(F)c4OCCc4c(C(=O)C(C)(C)C)nn(C)c4C)cn23)C(=O)OC(C)(C)C)cc1. The Kier molecular flexibility index (Phi) is 10.5. The summed E-state index contributed by atoms with van der Waals surface area (Å²) in [6.45, 7) is 13.1. The summed E-state index contributed by atoms with van der Waals surface area (Å²) >= 11 is 0. The zero-order valence-corrected chi connectivity index (χ0v) is 30.6. The minimum absolute atomic E-state index is 0.0287. The van der Waals surface area contributed by atoms with E-state index in [0.717, 1.165) is 17.3 Å². The highest BCUT2D eigenvalue weighted by Gasteiger charge is 2.29. The smallest absolute Gasteiger partial charge is 0.410 e. The summed E-state index contributed by atoms with van der Waals surface area (Å²) < 4.78 is 50.5. The van der Waals surface area contributed by atoms with E-state index in [1.807, 2.05) is 52.0 Å². The van der Waals surface area contributed by atoms with E-state index in [2.05, 4.69) is 10.1 Å². The molecule has 0 aliphatic heterocycles. The third-order valence-corrected chi connectivity index (χ3v) is 8.43. The number of ketones is 1. The lowest BCUT2D eigenvalue weighted by molar-refractivity contribution is 0.0213. The number of halogens is 2. The third kappa shape index (κ3) is 8.38. The fourth-order valence-electron chi connectivity index (χ4n) is 5.61. The lowest BCUT2D eigenvalue weighted by Crippen LogP contribution is -2.36. The second kappa shape index (κ2) is 14.5. The predicted octanol–water partition coefficient (Wildman–Crippen LogP) is 8.12. The number of carbonyl (C=O) groups excluding carboxylic acids is 2. The van der Waals surface area contributed by atoms with Crippen LogP contribution in [0.25, 0.3) is 16.8 Å². The van der Waals surface area contributed by atoms with Gasteiger partial charge in [-0.3, -0.25) is 14.4 Å². The molecule has 5 rings (SSSR count). The lowest BCUT2D eigenvalue weighted by Gasteiger charge is -2.27. The standard InChI is InChI=1S/C39H45F2N5O5/c1-24-29(34(43-44(24)8)36(47)38(2,3)4)18-19-50-35-30(15-16-31(40)33(35)41)26-12-17-32-42-20-27(46(32)22-26)23-45(37(48)51-39(5,6)7)21-25-10-13-28(49-9)14-11-25/h10-17,20,22H,18-19,21,23H2,1-9H3. The number of amides is 1. The molecule has 0 spiro atoms. The molecule has 2 aromatic carbocycles. The number of pyridine rings is 1. The number of carbonyl (C=O) groups is 2. The number of aryl methyl sites for hydroxylation is 1. The van der Waals surface area contributed by atoms with Crippen LogP contribution in [0.15, 0.2) is 60.9 Å². The summed E-state index contributed by atoms with van der Waals surface area (Å²) in [4.78, 5) is 32.7. The summed E-state index contributed by atoms with van der Waals surface area (Å²) in [5.74, 6) is -1.84. The van der Waals surface area contributed by atoms with E-state index in [4.69, 9.17) is 14.2 Å². The second-order valence-electron chi connectivity index (χ2n) is 14.5. The van der Waals surface area contributed by atoms with Gasteiger partial charge < -0.3 is 18.6 Å². The minimum Gasteiger partial charge on any atom is -0.497 e. The Balaban J connectivity index is 1.45. The highest BCUT2D eigenvalue weighted by atomic mass is 19.2. The van der Waals surface area contributed by atoms with Crippen molar-refractivity contribution in [3.63, 3.8) is 0 Å². The first-order valence-electron chi connectivity index (χ1n) is 16.7. The number of fused-ring (bicyclic) bond motifs is 1. The molecular weight excluding hydrogens is 656 g/mol. The molecule has 0 saturated carbocycles. The number of nitrogens with zero attached hydrogens (tertiary/aromatic N) is 5. The molecule has 0 atom stereocenters. The van der Waals surface area contributed by atoms with Crippen molar-refractivity contribution in [2.75, 3.05) is 13.7 Å². The van der Waals surface area contributed by atoms with Gasteiger partial charge in [0.2, 0.25) is 5.82 Å². The van der Waals surface area contributed by atoms with Crippen LogP contribution in [0.2, 0.25) is 0 Å². The quantitative estimate of drug-likeness (QED) is 0.128. The maximum Gasteiger partial charge on any atom is 0.410 e. The zero-order chi connectivity index (χ0) is 37.2. The molecule has 0 aliphatic rings. The molecule has 3 heterocycles. The largest absolute Gasteiger partial charge is 0.497 e. The predicted molar refractivity (Wildman–Crippen MR) is 190 cm³/mol. The molecule has 51 heavy (non-hydrogen) atoms. The van der Waals surface area contributed by atoms with Crippen molar-refractivity contribution in [3.05, 3.63) is 101 Å². The average Bonchev–Trinajstić information content (AvgIpc) is 3.60. The van der Waals surface area contributed by atoms with Gasteiger partial charge in [-0.1, -0.05) is 32.9 Å². The molecule has 12 heteroatoms. The van der Waals surface area contributed by atoms with Crippen LogP contribution in [0.1, 0.15) is 74.5 Å². The van der Waals surface area contributed by atoms with Crippen molar-refractivity contribution in [2.45, 2.75) is 73.6 Å². The molecule has 270 valence electrons. The Hall–Kier alpha value is -5.26. The maximum absolute atomic E-state index is 15.4. The Labute approximate surface area is 297 Å². The fraction of sp³-hybridized carbons (Fsp3) is 0.385. The number of Topliss-reactive ketones (excluding diaryl/α,β-unsaturated/α-hetero) is 1. The van der Waals surface area contributed by atoms with Gasteiger partial charge in [-0.05, 0) is 69.7 Å². The Morgan fingerprint density at radius 3 is 2.29 bits per heavy atom. The number of imidazole rings is 1. The summed E-state index contributed by atoms with van der Waals surface area (Å²) in [5.41, 5.74) is 3.46. The molecule has 0 bridgehead atoms. The Morgan fingerprint density at radius 2 is 1.65 bits per heavy atom. The molecule has 3 aromatic heterocycles. The van der Waals surface area contributed by atoms with Crippen molar-refractivity contribution in [2.24, 2.45) is 12.5 Å². The maximum atomic E-state index is 15.4. The molecule has 10 nitrogen and oxygen atoms in total. The summed E-state index contributed by atoms with van der Waals surface area (Å²) in [6.07, 6.45) is 3.17. The lowest BCUT2D eigenvalue weighted by atomic mass is 9.87. The first-order chi connectivity index (χ1) is 24.0. The number of rotatable bonds is 11. The summed E-state index contributed by atoms with van der Waals surface area (Å²) in [5, 5.41) is 4.44. The van der Waals surface area contributed by atoms with Gasteiger partial charge in [-0.2, -0.15) is 9.49 Å². The Morgan fingerprint density at radius 1 is 0.941 bits per heavy atom. The van der Waals surface area contributed by atoms with Crippen molar-refractivity contribution < 1.29 is 32.6 Å². The highest BCUT2D eigenvalue weighted by Crippen LogP contribution is 2.35. The van der Waals surface area contributed by atoms with Crippen LogP contribution in [0.3, 0.4) is 0 Å². The Bertz CT molecular complexity index is 2060. The van der Waals surface area contributed by atoms with E-state index in [0.29, 0.717) is 39.5 Å². The molecular formula is C39H45F2N5O5. The summed E-state index contributed by atoms with van der Waals surface area (Å²) in [7, 11) is 3.35. The normalized spacial score (nSPS) is 11.9. The van der Waals surface area contributed by atoms with E-state index in [1.54, 1.807) is 73.4 Å². The number of hydrogen-bond acceptors (Lipinski definition) is 7. The van der Waals surface area contributed by atoms with Crippen LogP contribution >= 0.6 is 0 Å². The van der Waals surface area contributed by atoms with Crippen molar-refractivity contribution in [3.8, 4) is 22.6 Å². The first kappa shape index (κ1) is 37.0. The fourth-order valence-corrected chi connectivity index (χ4v) is 5.61. The summed E-state index contributed by atoms with van der Waals surface area (Å²) in [6, 6.07) is 13.4. The van der Waals surface area contributed by atoms with E-state index in [-0.39, 0.29) is 37.6 Å². The van der Waals surface area contributed by atoms with E-state index in [1.165, 1.54) is 6.07 Å². The van der Waals surface area contributed by atoms with Crippen LogP contribution in [0, 0.1) is 24.0 Å². The van der Waals surface area contributed by atoms with Gasteiger partial charge in [-0.15, -0.1) is 0 Å². The third-order valence-electron chi connectivity index (χ3n) is 8.43. The van der Waals surface area contributed by atoms with Gasteiger partial charge in [-0.25, -0.2) is 14.2 Å². The van der Waals surface area contributed by atoms with Gasteiger partial charge in [0.15, 0.2) is 17.3 Å². The number of benzene rings is 2. The molecule has 5 aromatic rings. The van der Waals surface area contributed by atoms with Gasteiger partial charge >= 0.3 is 6.09 Å². The second-order valence-corrected chi connectivity index (χ2v) is 14.5. The number of methoxy groups -OCH3 is 1. The molecule has 1 amide bonds. The molecule has 0 unspecified atom stereocenters. The molecule has 0 radical (unpaired) electrons. The number of hydrogen-bond donors (Lipinski definition) is 0. The van der Waals surface area contributed by atoms with Crippen LogP contribution in [-0.4, -0.2) is 55.3 Å². The molecule has 0 fully saturated rings. The molecule has 0 saturated heterocycles. The minimum atomic E-state index is -1.12. The van der Waals surface area contributed by atoms with Crippen LogP contribution in [0.4, 0.5) is 13.6 Å². The van der Waals surface area contributed by atoms with Crippen molar-refractivity contribution >= 4 is 17.5 Å². The van der Waals surface area contributed by atoms with Gasteiger partial charge in [0.05, 0.1) is 32.2 Å². The van der Waals surface area contributed by atoms with E-state index in [9.17, 15) is 14.0 Å². The zero-order valence-electron chi connectivity index (χ0n) is 30.6. The monoisotopic (exact) mass is 701 g/mol. The van der Waals surface area contributed by atoms with Gasteiger partial charge in [0.25, 0.3) is 0 Å².